The molecule has 10 heteroatoms. The summed E-state index contributed by atoms with van der Waals surface area (Å²) >= 11 is 6.67. The fraction of sp³-hybridized carbons (Fsp3) is 0.531. The van der Waals surface area contributed by atoms with Crippen molar-refractivity contribution >= 4 is 35.1 Å². The first-order chi connectivity index (χ1) is 19.9. The molecule has 2 aromatic carbocycles. The number of hydrogen-bond donors (Lipinski definition) is 1. The number of carbonyl (C=O) groups is 3. The van der Waals surface area contributed by atoms with E-state index in [0.29, 0.717) is 48.0 Å². The van der Waals surface area contributed by atoms with Crippen molar-refractivity contribution in [2.75, 3.05) is 32.2 Å². The topological polar surface area (TPSA) is 106 Å². The quantitative estimate of drug-likeness (QED) is 0.484. The Balaban J connectivity index is 1.61. The number of amides is 2. The molecule has 0 aliphatic carbocycles. The number of hydrogen-bond acceptors (Lipinski definition) is 6. The van der Waals surface area contributed by atoms with Crippen LogP contribution in [-0.4, -0.2) is 67.2 Å². The van der Waals surface area contributed by atoms with Crippen LogP contribution in [0.3, 0.4) is 0 Å². The standard InChI is InChI=1S/C32H39ClN2O7/c1-32(2,3)25-10-9-19-15-20(33)16-22-27(19)35(25)30(37)24(17-26(36)34-13-11-18(12-14-34)31(38)39)42-28(22)21-7-6-8-23(40-4)29(21)41-5/h6-8,15-16,18,24-25,28H,9-14,17H2,1-5H3,(H,38,39)/t24-,25+,28-/m1/s1. The van der Waals surface area contributed by atoms with Crippen molar-refractivity contribution in [1.29, 1.82) is 0 Å². The number of anilines is 1. The maximum Gasteiger partial charge on any atom is 0.306 e. The third-order valence-corrected chi connectivity index (χ3v) is 9.01. The fourth-order valence-corrected chi connectivity index (χ4v) is 6.88. The number of piperidine rings is 1. The molecule has 1 fully saturated rings. The Labute approximate surface area is 251 Å². The number of benzene rings is 2. The number of para-hydroxylation sites is 1. The van der Waals surface area contributed by atoms with Gasteiger partial charge < -0.3 is 29.1 Å². The molecule has 0 aromatic heterocycles. The lowest BCUT2D eigenvalue weighted by atomic mass is 9.78. The Bertz CT molecular complexity index is 1380. The number of carboxylic acids is 1. The van der Waals surface area contributed by atoms with Gasteiger partial charge >= 0.3 is 5.97 Å². The Morgan fingerprint density at radius 1 is 1.07 bits per heavy atom. The van der Waals surface area contributed by atoms with Crippen LogP contribution in [0.2, 0.25) is 5.02 Å². The molecule has 2 amide bonds. The van der Waals surface area contributed by atoms with Gasteiger partial charge in [-0.15, -0.1) is 0 Å². The number of methoxy groups -OCH3 is 2. The molecule has 3 atom stereocenters. The summed E-state index contributed by atoms with van der Waals surface area (Å²) in [6.07, 6.45) is 0.246. The number of ether oxygens (including phenoxy) is 3. The Hall–Kier alpha value is -3.30. The minimum atomic E-state index is -1.09. The van der Waals surface area contributed by atoms with E-state index in [4.69, 9.17) is 25.8 Å². The Morgan fingerprint density at radius 2 is 1.79 bits per heavy atom. The maximum atomic E-state index is 14.5. The first-order valence-electron chi connectivity index (χ1n) is 14.5. The highest BCUT2D eigenvalue weighted by Crippen LogP contribution is 2.50. The van der Waals surface area contributed by atoms with Crippen molar-refractivity contribution in [1.82, 2.24) is 4.90 Å². The van der Waals surface area contributed by atoms with Gasteiger partial charge in [-0.3, -0.25) is 14.4 Å². The summed E-state index contributed by atoms with van der Waals surface area (Å²) < 4.78 is 18.1. The molecule has 226 valence electrons. The summed E-state index contributed by atoms with van der Waals surface area (Å²) in [5.41, 5.74) is 2.90. The predicted molar refractivity (Wildman–Crippen MR) is 158 cm³/mol. The molecule has 5 rings (SSSR count). The molecule has 2 aromatic rings. The number of aliphatic carboxylic acids is 1. The van der Waals surface area contributed by atoms with Gasteiger partial charge in [-0.1, -0.05) is 44.5 Å². The highest BCUT2D eigenvalue weighted by atomic mass is 35.5. The first-order valence-corrected chi connectivity index (χ1v) is 14.8. The second-order valence-corrected chi connectivity index (χ2v) is 12.9. The van der Waals surface area contributed by atoms with Crippen molar-refractivity contribution in [3.8, 4) is 11.5 Å². The summed E-state index contributed by atoms with van der Waals surface area (Å²) in [5, 5.41) is 9.92. The minimum Gasteiger partial charge on any atom is -0.493 e. The molecule has 1 saturated heterocycles. The number of halogens is 1. The van der Waals surface area contributed by atoms with Crippen molar-refractivity contribution in [2.45, 2.75) is 71.1 Å². The summed E-state index contributed by atoms with van der Waals surface area (Å²) in [7, 11) is 3.12. The molecule has 9 nitrogen and oxygen atoms in total. The van der Waals surface area contributed by atoms with Crippen molar-refractivity contribution < 1.29 is 33.7 Å². The number of rotatable bonds is 6. The third-order valence-electron chi connectivity index (χ3n) is 8.79. The SMILES string of the molecule is COc1cccc([C@H]2O[C@H](CC(=O)N3CCC(C(=O)O)CC3)C(=O)N3c4c(cc(Cl)cc42)CC[C@H]3C(C)(C)C)c1OC. The lowest BCUT2D eigenvalue weighted by Gasteiger charge is -2.45. The van der Waals surface area contributed by atoms with Gasteiger partial charge in [0.15, 0.2) is 11.5 Å². The summed E-state index contributed by atoms with van der Waals surface area (Å²) in [6, 6.07) is 9.14. The van der Waals surface area contributed by atoms with Gasteiger partial charge in [-0.25, -0.2) is 0 Å². The van der Waals surface area contributed by atoms with Crippen LogP contribution >= 0.6 is 11.6 Å². The van der Waals surface area contributed by atoms with Gasteiger partial charge in [0.1, 0.15) is 12.2 Å². The van der Waals surface area contributed by atoms with Crippen molar-refractivity contribution in [3.05, 3.63) is 52.0 Å². The van der Waals surface area contributed by atoms with Crippen LogP contribution in [0.25, 0.3) is 0 Å². The molecular formula is C32H39ClN2O7. The van der Waals surface area contributed by atoms with Crippen molar-refractivity contribution in [2.24, 2.45) is 11.3 Å². The molecule has 3 aliphatic rings. The molecule has 42 heavy (non-hydrogen) atoms. The van der Waals surface area contributed by atoms with E-state index in [-0.39, 0.29) is 29.7 Å². The van der Waals surface area contributed by atoms with Gasteiger partial charge in [-0.2, -0.15) is 0 Å². The monoisotopic (exact) mass is 598 g/mol. The largest absolute Gasteiger partial charge is 0.493 e. The molecule has 0 spiro atoms. The molecule has 3 heterocycles. The van der Waals surface area contributed by atoms with Crippen LogP contribution in [0.15, 0.2) is 30.3 Å². The summed E-state index contributed by atoms with van der Waals surface area (Å²) in [5.74, 6) is -0.815. The maximum absolute atomic E-state index is 14.5. The normalized spacial score (nSPS) is 22.8. The number of carbonyl (C=O) groups excluding carboxylic acids is 2. The molecule has 0 bridgehead atoms. The number of likely N-dealkylation sites (tertiary alicyclic amines) is 1. The lowest BCUT2D eigenvalue weighted by molar-refractivity contribution is -0.148. The zero-order valence-electron chi connectivity index (χ0n) is 24.8. The number of aryl methyl sites for hydroxylation is 1. The van der Waals surface area contributed by atoms with E-state index in [2.05, 4.69) is 20.8 Å². The third kappa shape index (κ3) is 5.56. The summed E-state index contributed by atoms with van der Waals surface area (Å²) in [6.45, 7) is 7.02. The molecule has 1 N–H and O–H groups in total. The van der Waals surface area contributed by atoms with E-state index in [1.807, 2.05) is 29.2 Å². The van der Waals surface area contributed by atoms with E-state index in [0.717, 1.165) is 29.7 Å². The summed E-state index contributed by atoms with van der Waals surface area (Å²) in [4.78, 5) is 43.1. The van der Waals surface area contributed by atoms with Gasteiger partial charge in [0, 0.05) is 35.3 Å². The van der Waals surface area contributed by atoms with E-state index in [1.165, 1.54) is 0 Å². The van der Waals surface area contributed by atoms with Crippen LogP contribution in [0.5, 0.6) is 11.5 Å². The number of nitrogens with zero attached hydrogens (tertiary/aromatic N) is 2. The van der Waals surface area contributed by atoms with E-state index < -0.39 is 24.1 Å². The second-order valence-electron chi connectivity index (χ2n) is 12.4. The van der Waals surface area contributed by atoms with Crippen LogP contribution in [-0.2, 0) is 25.5 Å². The number of carboxylic acid groups (broad SMARTS) is 1. The molecule has 3 aliphatic heterocycles. The second kappa shape index (κ2) is 11.8. The van der Waals surface area contributed by atoms with Crippen LogP contribution < -0.4 is 14.4 Å². The highest BCUT2D eigenvalue weighted by Gasteiger charge is 2.47. The van der Waals surface area contributed by atoms with Crippen molar-refractivity contribution in [3.63, 3.8) is 0 Å². The Morgan fingerprint density at radius 3 is 2.40 bits per heavy atom. The average molecular weight is 599 g/mol. The van der Waals surface area contributed by atoms with Crippen LogP contribution in [0, 0.1) is 11.3 Å². The molecule has 0 radical (unpaired) electrons. The van der Waals surface area contributed by atoms with Gasteiger partial charge in [0.05, 0.1) is 32.2 Å². The smallest absolute Gasteiger partial charge is 0.306 e. The molecule has 0 saturated carbocycles. The average Bonchev–Trinajstić information content (AvgIpc) is 3.07. The van der Waals surface area contributed by atoms with Gasteiger partial charge in [0.2, 0.25) is 5.91 Å². The Kier molecular flexibility index (Phi) is 8.45. The highest BCUT2D eigenvalue weighted by molar-refractivity contribution is 6.31. The van der Waals surface area contributed by atoms with Crippen LogP contribution in [0.1, 0.15) is 69.2 Å². The zero-order chi connectivity index (χ0) is 30.3. The minimum absolute atomic E-state index is 0.129. The predicted octanol–water partition coefficient (Wildman–Crippen LogP) is 5.25. The lowest BCUT2D eigenvalue weighted by Crippen LogP contribution is -2.54. The zero-order valence-corrected chi connectivity index (χ0v) is 25.6. The van der Waals surface area contributed by atoms with Gasteiger partial charge in [-0.05, 0) is 54.9 Å². The fourth-order valence-electron chi connectivity index (χ4n) is 6.63. The molecular weight excluding hydrogens is 560 g/mol. The van der Waals surface area contributed by atoms with E-state index in [9.17, 15) is 19.5 Å². The van der Waals surface area contributed by atoms with Gasteiger partial charge in [0.25, 0.3) is 5.91 Å². The first kappa shape index (κ1) is 30.2. The molecule has 0 unspecified atom stereocenters. The van der Waals surface area contributed by atoms with E-state index in [1.54, 1.807) is 25.2 Å². The van der Waals surface area contributed by atoms with Crippen LogP contribution in [0.4, 0.5) is 5.69 Å². The van der Waals surface area contributed by atoms with E-state index >= 15 is 0 Å².